The fourth-order valence-electron chi connectivity index (χ4n) is 4.33. The Kier molecular flexibility index (Phi) is 5.34. The number of para-hydroxylation sites is 1. The molecule has 0 amide bonds. The fourth-order valence-corrected chi connectivity index (χ4v) is 4.33. The van der Waals surface area contributed by atoms with Crippen LogP contribution in [0.3, 0.4) is 0 Å². The third kappa shape index (κ3) is 3.60. The summed E-state index contributed by atoms with van der Waals surface area (Å²) in [6, 6.07) is 11.3. The van der Waals surface area contributed by atoms with Crippen molar-refractivity contribution in [1.82, 2.24) is 14.5 Å². The number of nitrogens with zero attached hydrogens (tertiary/aromatic N) is 4. The zero-order chi connectivity index (χ0) is 24.0. The zero-order valence-electron chi connectivity index (χ0n) is 18.0. The average Bonchev–Trinajstić information content (AvgIpc) is 3.13. The van der Waals surface area contributed by atoms with E-state index in [-0.39, 0.29) is 30.4 Å². The molecule has 5 rings (SSSR count). The Morgan fingerprint density at radius 1 is 1.24 bits per heavy atom. The summed E-state index contributed by atoms with van der Waals surface area (Å²) in [5, 5.41) is 35.5. The molecule has 4 aromatic rings. The molecule has 1 aliphatic rings. The van der Waals surface area contributed by atoms with Gasteiger partial charge in [0.15, 0.2) is 0 Å². The lowest BCUT2D eigenvalue weighted by atomic mass is 9.99. The van der Waals surface area contributed by atoms with Crippen LogP contribution in [0.1, 0.15) is 5.69 Å². The van der Waals surface area contributed by atoms with Gasteiger partial charge in [0, 0.05) is 46.9 Å². The molecule has 3 heterocycles. The van der Waals surface area contributed by atoms with E-state index in [0.29, 0.717) is 5.69 Å². The topological polar surface area (TPSA) is 136 Å². The summed E-state index contributed by atoms with van der Waals surface area (Å²) in [6.07, 6.45) is -0.00248. The number of anilines is 2. The van der Waals surface area contributed by atoms with E-state index < -0.39 is 28.6 Å². The summed E-state index contributed by atoms with van der Waals surface area (Å²) in [4.78, 5) is 19.1. The Labute approximate surface area is 192 Å². The van der Waals surface area contributed by atoms with E-state index in [1.165, 1.54) is 13.3 Å². The molecule has 2 aromatic heterocycles. The Bertz CT molecular complexity index is 1420. The van der Waals surface area contributed by atoms with Gasteiger partial charge in [-0.25, -0.2) is 9.97 Å². The number of hydrogen-bond acceptors (Lipinski definition) is 8. The quantitative estimate of drug-likeness (QED) is 0.302. The first-order valence-corrected chi connectivity index (χ1v) is 10.5. The molecule has 2 aromatic carbocycles. The van der Waals surface area contributed by atoms with E-state index in [2.05, 4.69) is 15.3 Å². The van der Waals surface area contributed by atoms with Crippen molar-refractivity contribution in [3.63, 3.8) is 0 Å². The van der Waals surface area contributed by atoms with Crippen LogP contribution in [0.4, 0.5) is 21.7 Å². The van der Waals surface area contributed by atoms with E-state index in [0.717, 1.165) is 34.3 Å². The number of aliphatic hydroxyl groups is 2. The Morgan fingerprint density at radius 3 is 2.79 bits per heavy atom. The minimum absolute atomic E-state index is 0.0564. The van der Waals surface area contributed by atoms with Crippen molar-refractivity contribution >= 4 is 28.2 Å². The molecule has 10 nitrogen and oxygen atoms in total. The molecule has 1 aliphatic heterocycles. The highest BCUT2D eigenvalue weighted by Gasteiger charge is 2.30. The minimum Gasteiger partial charge on any atom is -0.494 e. The van der Waals surface area contributed by atoms with E-state index in [9.17, 15) is 24.7 Å². The van der Waals surface area contributed by atoms with Gasteiger partial charge < -0.3 is 24.8 Å². The lowest BCUT2D eigenvalue weighted by Crippen LogP contribution is -2.37. The average molecular weight is 465 g/mol. The third-order valence-corrected chi connectivity index (χ3v) is 5.92. The molecule has 174 valence electrons. The smallest absolute Gasteiger partial charge is 0.307 e. The summed E-state index contributed by atoms with van der Waals surface area (Å²) < 4.78 is 21.1. The second-order valence-electron chi connectivity index (χ2n) is 7.94. The van der Waals surface area contributed by atoms with Gasteiger partial charge in [-0.05, 0) is 12.1 Å². The van der Waals surface area contributed by atoms with E-state index >= 15 is 0 Å². The van der Waals surface area contributed by atoms with Gasteiger partial charge >= 0.3 is 5.69 Å². The highest BCUT2D eigenvalue weighted by Crippen LogP contribution is 2.38. The summed E-state index contributed by atoms with van der Waals surface area (Å²) in [6.45, 7) is 0.254. The molecule has 0 unspecified atom stereocenters. The molecule has 0 bridgehead atoms. The lowest BCUT2D eigenvalue weighted by molar-refractivity contribution is -0.387. The van der Waals surface area contributed by atoms with E-state index in [4.69, 9.17) is 4.74 Å². The van der Waals surface area contributed by atoms with E-state index in [1.807, 2.05) is 28.8 Å². The summed E-state index contributed by atoms with van der Waals surface area (Å²) in [5.41, 5.74) is 2.52. The van der Waals surface area contributed by atoms with Crippen molar-refractivity contribution < 1.29 is 24.3 Å². The number of rotatable bonds is 5. The van der Waals surface area contributed by atoms with Gasteiger partial charge in [-0.2, -0.15) is 4.39 Å². The van der Waals surface area contributed by atoms with Gasteiger partial charge in [-0.1, -0.05) is 18.2 Å². The van der Waals surface area contributed by atoms with Crippen molar-refractivity contribution in [1.29, 1.82) is 0 Å². The number of nitrogens with one attached hydrogen (secondary N) is 1. The molecule has 0 spiro atoms. The molecule has 0 radical (unpaired) electrons. The number of ether oxygens (including phenoxy) is 1. The number of methoxy groups -OCH3 is 1. The van der Waals surface area contributed by atoms with Crippen molar-refractivity contribution in [3.05, 3.63) is 70.3 Å². The van der Waals surface area contributed by atoms with Crippen LogP contribution in [0.25, 0.3) is 22.2 Å². The zero-order valence-corrected chi connectivity index (χ0v) is 18.0. The highest BCUT2D eigenvalue weighted by molar-refractivity contribution is 5.97. The first-order valence-electron chi connectivity index (χ1n) is 10.5. The highest BCUT2D eigenvalue weighted by atomic mass is 19.1. The predicted molar refractivity (Wildman–Crippen MR) is 122 cm³/mol. The number of halogens is 1. The van der Waals surface area contributed by atoms with Gasteiger partial charge in [0.1, 0.15) is 5.75 Å². The molecule has 0 aliphatic carbocycles. The number of aromatic nitrogens is 3. The maximum Gasteiger partial charge on any atom is 0.307 e. The minimum atomic E-state index is -1.02. The lowest BCUT2D eigenvalue weighted by Gasteiger charge is -2.27. The number of aliphatic hydroxyl groups excluding tert-OH is 2. The maximum absolute atomic E-state index is 14.0. The first kappa shape index (κ1) is 21.7. The van der Waals surface area contributed by atoms with Gasteiger partial charge in [0.25, 0.3) is 0 Å². The molecule has 0 saturated carbocycles. The van der Waals surface area contributed by atoms with Crippen molar-refractivity contribution in [2.45, 2.75) is 25.2 Å². The van der Waals surface area contributed by atoms with Crippen molar-refractivity contribution in [2.24, 2.45) is 0 Å². The number of nitro groups is 1. The van der Waals surface area contributed by atoms with Crippen LogP contribution in [-0.2, 0) is 13.0 Å². The van der Waals surface area contributed by atoms with Gasteiger partial charge in [-0.3, -0.25) is 10.1 Å². The van der Waals surface area contributed by atoms with Crippen LogP contribution < -0.4 is 10.1 Å². The van der Waals surface area contributed by atoms with Crippen LogP contribution in [0.15, 0.2) is 48.7 Å². The maximum atomic E-state index is 14.0. The van der Waals surface area contributed by atoms with Gasteiger partial charge in [-0.15, -0.1) is 0 Å². The second-order valence-corrected chi connectivity index (χ2v) is 7.94. The van der Waals surface area contributed by atoms with Gasteiger partial charge in [0.05, 0.1) is 42.2 Å². The number of nitro benzene ring substituents is 1. The Balaban J connectivity index is 1.60. The summed E-state index contributed by atoms with van der Waals surface area (Å²) in [5.74, 6) is -0.840. The van der Waals surface area contributed by atoms with Crippen LogP contribution in [-0.4, -0.2) is 49.0 Å². The molecule has 2 atom stereocenters. The van der Waals surface area contributed by atoms with Crippen molar-refractivity contribution in [3.8, 4) is 17.0 Å². The van der Waals surface area contributed by atoms with E-state index in [1.54, 1.807) is 6.07 Å². The summed E-state index contributed by atoms with van der Waals surface area (Å²) >= 11 is 0. The third-order valence-electron chi connectivity index (χ3n) is 5.92. The SMILES string of the molecule is COc1cc(F)c([N+](=O)[O-])cc1Nc1nccc(-c2c3n(c4ccccc24)C[C@@H](O)[C@@H](O)C3)n1. The number of benzene rings is 2. The fraction of sp³-hybridized carbons (Fsp3) is 0.217. The van der Waals surface area contributed by atoms with Crippen molar-refractivity contribution in [2.75, 3.05) is 12.4 Å². The standard InChI is InChI=1S/C23H20FN5O5/c1-34-21-8-13(24)17(29(32)33)9-15(21)27-23-25-7-6-14(26-23)22-12-4-2-3-5-16(12)28-11-20(31)19(30)10-18(22)28/h2-9,19-20,30-31H,10-11H2,1H3,(H,25,26,27)/t19-,20+/m0/s1. The first-order chi connectivity index (χ1) is 16.4. The molecule has 0 saturated heterocycles. The Morgan fingerprint density at radius 2 is 2.03 bits per heavy atom. The number of fused-ring (bicyclic) bond motifs is 3. The molecular weight excluding hydrogens is 445 g/mol. The van der Waals surface area contributed by atoms with Crippen LogP contribution in [0.2, 0.25) is 0 Å². The molecular formula is C23H20FN5O5. The molecule has 11 heteroatoms. The predicted octanol–water partition coefficient (Wildman–Crippen LogP) is 3.18. The molecule has 3 N–H and O–H groups in total. The second kappa shape index (κ2) is 8.36. The summed E-state index contributed by atoms with van der Waals surface area (Å²) in [7, 11) is 1.32. The Hall–Kier alpha value is -4.09. The van der Waals surface area contributed by atoms with Gasteiger partial charge in [0.2, 0.25) is 11.8 Å². The van der Waals surface area contributed by atoms with Crippen LogP contribution >= 0.6 is 0 Å². The largest absolute Gasteiger partial charge is 0.494 e. The van der Waals surface area contributed by atoms with Crippen LogP contribution in [0, 0.1) is 15.9 Å². The molecule has 34 heavy (non-hydrogen) atoms. The molecule has 0 fully saturated rings. The normalized spacial score (nSPS) is 17.4. The monoisotopic (exact) mass is 465 g/mol. The van der Waals surface area contributed by atoms with Crippen LogP contribution in [0.5, 0.6) is 5.75 Å². The number of hydrogen-bond donors (Lipinski definition) is 3.